The minimum atomic E-state index is 0.173. The molecule has 1 aromatic rings. The van der Waals surface area contributed by atoms with E-state index >= 15 is 0 Å². The summed E-state index contributed by atoms with van der Waals surface area (Å²) in [6, 6.07) is 8.27. The van der Waals surface area contributed by atoms with Gasteiger partial charge in [0, 0.05) is 10.6 Å². The van der Waals surface area contributed by atoms with E-state index in [-0.39, 0.29) is 5.54 Å². The topological polar surface area (TPSA) is 12.0 Å². The SMILES string of the molecule is CCC(CC)CC(CNC(C)(C)C)Cc1ccccc1Cl. The van der Waals surface area contributed by atoms with E-state index < -0.39 is 0 Å². The number of halogens is 1. The maximum Gasteiger partial charge on any atom is 0.0438 e. The molecule has 0 fully saturated rings. The van der Waals surface area contributed by atoms with Crippen molar-refractivity contribution in [3.05, 3.63) is 34.9 Å². The highest BCUT2D eigenvalue weighted by Gasteiger charge is 2.18. The van der Waals surface area contributed by atoms with Crippen molar-refractivity contribution in [1.29, 1.82) is 0 Å². The molecule has 0 amide bonds. The molecular formula is C19H32ClN. The Morgan fingerprint density at radius 3 is 2.19 bits per heavy atom. The minimum Gasteiger partial charge on any atom is -0.312 e. The van der Waals surface area contributed by atoms with E-state index in [4.69, 9.17) is 11.6 Å². The Morgan fingerprint density at radius 1 is 1.05 bits per heavy atom. The van der Waals surface area contributed by atoms with Crippen LogP contribution in [0.3, 0.4) is 0 Å². The first-order valence-electron chi connectivity index (χ1n) is 8.34. The van der Waals surface area contributed by atoms with Gasteiger partial charge in [-0.3, -0.25) is 0 Å². The Hall–Kier alpha value is -0.530. The lowest BCUT2D eigenvalue weighted by atomic mass is 9.86. The fraction of sp³-hybridized carbons (Fsp3) is 0.684. The van der Waals surface area contributed by atoms with Crippen LogP contribution in [-0.2, 0) is 6.42 Å². The van der Waals surface area contributed by atoms with Crippen molar-refractivity contribution in [2.75, 3.05) is 6.54 Å². The van der Waals surface area contributed by atoms with Crippen LogP contribution >= 0.6 is 11.6 Å². The second-order valence-corrected chi connectivity index (χ2v) is 7.62. The van der Waals surface area contributed by atoms with Crippen LogP contribution in [0, 0.1) is 11.8 Å². The van der Waals surface area contributed by atoms with Crippen molar-refractivity contribution in [1.82, 2.24) is 5.32 Å². The first-order chi connectivity index (χ1) is 9.85. The van der Waals surface area contributed by atoms with E-state index in [9.17, 15) is 0 Å². The Morgan fingerprint density at radius 2 is 1.67 bits per heavy atom. The molecule has 0 aliphatic heterocycles. The second-order valence-electron chi connectivity index (χ2n) is 7.21. The summed E-state index contributed by atoms with van der Waals surface area (Å²) in [6.07, 6.45) is 4.89. The third-order valence-electron chi connectivity index (χ3n) is 4.21. The molecule has 1 rings (SSSR count). The van der Waals surface area contributed by atoms with E-state index in [0.29, 0.717) is 5.92 Å². The third kappa shape index (κ3) is 7.33. The fourth-order valence-corrected chi connectivity index (χ4v) is 2.97. The van der Waals surface area contributed by atoms with E-state index in [1.807, 2.05) is 12.1 Å². The zero-order chi connectivity index (χ0) is 15.9. The van der Waals surface area contributed by atoms with E-state index in [1.165, 1.54) is 24.8 Å². The molecule has 0 aromatic heterocycles. The van der Waals surface area contributed by atoms with Crippen molar-refractivity contribution < 1.29 is 0 Å². The van der Waals surface area contributed by atoms with Crippen molar-refractivity contribution in [2.45, 2.75) is 65.8 Å². The molecule has 21 heavy (non-hydrogen) atoms. The van der Waals surface area contributed by atoms with Gasteiger partial charge in [0.2, 0.25) is 0 Å². The largest absolute Gasteiger partial charge is 0.312 e. The Kier molecular flexibility index (Phi) is 7.76. The zero-order valence-corrected chi connectivity index (χ0v) is 15.1. The standard InChI is InChI=1S/C19H32ClN/c1-6-15(7-2)12-16(14-21-19(3,4)5)13-17-10-8-9-11-18(17)20/h8-11,15-16,21H,6-7,12-14H2,1-5H3. The van der Waals surface area contributed by atoms with Gasteiger partial charge in [0.15, 0.2) is 0 Å². The average Bonchev–Trinajstić information content (AvgIpc) is 2.43. The first-order valence-corrected chi connectivity index (χ1v) is 8.72. The number of benzene rings is 1. The molecule has 120 valence electrons. The molecule has 1 N–H and O–H groups in total. The lowest BCUT2D eigenvalue weighted by molar-refractivity contribution is 0.306. The predicted octanol–water partition coefficient (Wildman–Crippen LogP) is 5.71. The van der Waals surface area contributed by atoms with Crippen LogP contribution in [-0.4, -0.2) is 12.1 Å². The summed E-state index contributed by atoms with van der Waals surface area (Å²) in [5, 5.41) is 4.58. The van der Waals surface area contributed by atoms with Crippen LogP contribution in [0.25, 0.3) is 0 Å². The Bertz CT molecular complexity index is 404. The van der Waals surface area contributed by atoms with Gasteiger partial charge in [-0.25, -0.2) is 0 Å². The minimum absolute atomic E-state index is 0.173. The highest BCUT2D eigenvalue weighted by molar-refractivity contribution is 6.31. The Balaban J connectivity index is 2.73. The van der Waals surface area contributed by atoms with Gasteiger partial charge in [0.1, 0.15) is 0 Å². The molecule has 0 saturated heterocycles. The van der Waals surface area contributed by atoms with Crippen LogP contribution in [0.2, 0.25) is 5.02 Å². The molecule has 0 heterocycles. The number of hydrogen-bond acceptors (Lipinski definition) is 1. The molecular weight excluding hydrogens is 278 g/mol. The van der Waals surface area contributed by atoms with Gasteiger partial charge in [0.25, 0.3) is 0 Å². The lowest BCUT2D eigenvalue weighted by Gasteiger charge is -2.28. The van der Waals surface area contributed by atoms with Crippen LogP contribution in [0.4, 0.5) is 0 Å². The lowest BCUT2D eigenvalue weighted by Crippen LogP contribution is -2.40. The van der Waals surface area contributed by atoms with Gasteiger partial charge in [0.05, 0.1) is 0 Å². The molecule has 1 atom stereocenters. The van der Waals surface area contributed by atoms with Gasteiger partial charge >= 0.3 is 0 Å². The van der Waals surface area contributed by atoms with Gasteiger partial charge in [-0.1, -0.05) is 56.5 Å². The summed E-state index contributed by atoms with van der Waals surface area (Å²) in [4.78, 5) is 0. The van der Waals surface area contributed by atoms with Gasteiger partial charge in [-0.05, 0) is 63.6 Å². The summed E-state index contributed by atoms with van der Waals surface area (Å²) in [6.45, 7) is 12.4. The van der Waals surface area contributed by atoms with Crippen LogP contribution in [0.15, 0.2) is 24.3 Å². The summed E-state index contributed by atoms with van der Waals surface area (Å²) in [7, 11) is 0. The number of nitrogens with one attached hydrogen (secondary N) is 1. The Labute approximate surface area is 136 Å². The maximum atomic E-state index is 6.34. The monoisotopic (exact) mass is 309 g/mol. The summed E-state index contributed by atoms with van der Waals surface area (Å²) in [5.41, 5.74) is 1.46. The molecule has 0 aliphatic rings. The maximum absolute atomic E-state index is 6.34. The molecule has 2 heteroatoms. The molecule has 1 aromatic carbocycles. The fourth-order valence-electron chi connectivity index (χ4n) is 2.76. The van der Waals surface area contributed by atoms with E-state index in [2.05, 4.69) is 52.1 Å². The van der Waals surface area contributed by atoms with Crippen molar-refractivity contribution >= 4 is 11.6 Å². The molecule has 0 radical (unpaired) electrons. The predicted molar refractivity (Wildman–Crippen MR) is 95.1 cm³/mol. The highest BCUT2D eigenvalue weighted by atomic mass is 35.5. The van der Waals surface area contributed by atoms with Crippen molar-refractivity contribution in [3.63, 3.8) is 0 Å². The molecule has 0 bridgehead atoms. The summed E-state index contributed by atoms with van der Waals surface area (Å²) in [5.74, 6) is 1.47. The highest BCUT2D eigenvalue weighted by Crippen LogP contribution is 2.25. The normalized spacial score (nSPS) is 13.7. The molecule has 1 unspecified atom stereocenters. The zero-order valence-electron chi connectivity index (χ0n) is 14.4. The number of hydrogen-bond donors (Lipinski definition) is 1. The molecule has 1 nitrogen and oxygen atoms in total. The van der Waals surface area contributed by atoms with E-state index in [1.54, 1.807) is 0 Å². The average molecular weight is 310 g/mol. The second kappa shape index (κ2) is 8.80. The van der Waals surface area contributed by atoms with Gasteiger partial charge < -0.3 is 5.32 Å². The van der Waals surface area contributed by atoms with Gasteiger partial charge in [-0.15, -0.1) is 0 Å². The van der Waals surface area contributed by atoms with Crippen molar-refractivity contribution in [3.8, 4) is 0 Å². The van der Waals surface area contributed by atoms with Crippen LogP contribution < -0.4 is 5.32 Å². The smallest absolute Gasteiger partial charge is 0.0438 e. The van der Waals surface area contributed by atoms with Crippen molar-refractivity contribution in [2.24, 2.45) is 11.8 Å². The summed E-state index contributed by atoms with van der Waals surface area (Å²) < 4.78 is 0. The molecule has 0 spiro atoms. The van der Waals surface area contributed by atoms with Gasteiger partial charge in [-0.2, -0.15) is 0 Å². The van der Waals surface area contributed by atoms with E-state index in [0.717, 1.165) is 23.9 Å². The molecule has 0 aliphatic carbocycles. The number of rotatable bonds is 8. The quantitative estimate of drug-likeness (QED) is 0.648. The van der Waals surface area contributed by atoms with Crippen LogP contribution in [0.5, 0.6) is 0 Å². The third-order valence-corrected chi connectivity index (χ3v) is 4.58. The summed E-state index contributed by atoms with van der Waals surface area (Å²) >= 11 is 6.34. The molecule has 0 saturated carbocycles. The van der Waals surface area contributed by atoms with Crippen LogP contribution in [0.1, 0.15) is 59.4 Å². The first kappa shape index (κ1) is 18.5.